The van der Waals surface area contributed by atoms with Crippen LogP contribution in [-0.4, -0.2) is 25.0 Å². The van der Waals surface area contributed by atoms with E-state index in [4.69, 9.17) is 0 Å². The molecule has 0 spiro atoms. The van der Waals surface area contributed by atoms with Crippen LogP contribution in [0.25, 0.3) is 5.57 Å². The summed E-state index contributed by atoms with van der Waals surface area (Å²) in [5.74, 6) is -0.841. The number of carbonyl (C=O) groups excluding carboxylic acids is 2. The Morgan fingerprint density at radius 3 is 2.35 bits per heavy atom. The van der Waals surface area contributed by atoms with Crippen molar-refractivity contribution in [2.24, 2.45) is 0 Å². The maximum absolute atomic E-state index is 11.6. The van der Waals surface area contributed by atoms with E-state index >= 15 is 0 Å². The Bertz CT molecular complexity index is 426. The summed E-state index contributed by atoms with van der Waals surface area (Å²) in [4.78, 5) is 22.6. The Balaban J connectivity index is 2.94. The molecular weight excluding hydrogens is 218 g/mol. The quantitative estimate of drug-likeness (QED) is 0.799. The molecular formula is C13H15NO3. The highest BCUT2D eigenvalue weighted by Crippen LogP contribution is 2.16. The maximum atomic E-state index is 11.6. The summed E-state index contributed by atoms with van der Waals surface area (Å²) >= 11 is 0. The second kappa shape index (κ2) is 5.84. The average molecular weight is 233 g/mol. The molecule has 0 saturated carbocycles. The van der Waals surface area contributed by atoms with Gasteiger partial charge in [-0.25, -0.2) is 4.79 Å². The van der Waals surface area contributed by atoms with Gasteiger partial charge in [-0.2, -0.15) is 0 Å². The highest BCUT2D eigenvalue weighted by molar-refractivity contribution is 5.95. The molecule has 1 N–H and O–H groups in total. The number of benzene rings is 1. The highest BCUT2D eigenvalue weighted by atomic mass is 16.5. The number of methoxy groups -OCH3 is 1. The van der Waals surface area contributed by atoms with Crippen LogP contribution in [0, 0.1) is 0 Å². The molecule has 0 aliphatic heterocycles. The van der Waals surface area contributed by atoms with Crippen LogP contribution in [0.15, 0.2) is 36.9 Å². The number of carbonyl (C=O) groups is 2. The predicted molar refractivity (Wildman–Crippen MR) is 65.1 cm³/mol. The second-order valence-corrected chi connectivity index (χ2v) is 3.55. The Morgan fingerprint density at radius 2 is 1.88 bits per heavy atom. The number of nitrogens with one attached hydrogen (secondary N) is 1. The molecule has 0 aliphatic rings. The number of amides is 1. The summed E-state index contributed by atoms with van der Waals surface area (Å²) in [6, 6.07) is 8.33. The van der Waals surface area contributed by atoms with Gasteiger partial charge in [0.05, 0.1) is 7.11 Å². The highest BCUT2D eigenvalue weighted by Gasteiger charge is 2.24. The van der Waals surface area contributed by atoms with Crippen LogP contribution in [-0.2, 0) is 14.3 Å². The summed E-state index contributed by atoms with van der Waals surface area (Å²) in [5.41, 5.74) is 1.30. The second-order valence-electron chi connectivity index (χ2n) is 3.55. The van der Waals surface area contributed by atoms with Crippen molar-refractivity contribution in [3.63, 3.8) is 0 Å². The molecule has 0 radical (unpaired) electrons. The normalized spacial score (nSPS) is 11.4. The van der Waals surface area contributed by atoms with Gasteiger partial charge in [0.1, 0.15) is 0 Å². The summed E-state index contributed by atoms with van der Waals surface area (Å²) in [6.07, 6.45) is 0. The van der Waals surface area contributed by atoms with E-state index in [2.05, 4.69) is 16.6 Å². The topological polar surface area (TPSA) is 55.4 Å². The standard InChI is InChI=1S/C13H15NO3/c1-9(11-7-5-4-6-8-11)12(13(16)17-3)14-10(2)15/h4-8,12H,1H2,2-3H3,(H,14,15). The van der Waals surface area contributed by atoms with Crippen LogP contribution in [0.1, 0.15) is 12.5 Å². The van der Waals surface area contributed by atoms with Crippen LogP contribution >= 0.6 is 0 Å². The molecule has 0 bridgehead atoms. The number of hydrogen-bond donors (Lipinski definition) is 1. The molecule has 4 nitrogen and oxygen atoms in total. The van der Waals surface area contributed by atoms with Crippen molar-refractivity contribution in [2.75, 3.05) is 7.11 Å². The van der Waals surface area contributed by atoms with Crippen molar-refractivity contribution in [3.05, 3.63) is 42.5 Å². The Kier molecular flexibility index (Phi) is 4.46. The van der Waals surface area contributed by atoms with E-state index in [1.165, 1.54) is 14.0 Å². The average Bonchev–Trinajstić information content (AvgIpc) is 2.35. The van der Waals surface area contributed by atoms with Gasteiger partial charge in [0.2, 0.25) is 5.91 Å². The summed E-state index contributed by atoms with van der Waals surface area (Å²) in [5, 5.41) is 2.52. The van der Waals surface area contributed by atoms with Gasteiger partial charge >= 0.3 is 5.97 Å². The molecule has 1 atom stereocenters. The number of rotatable bonds is 4. The lowest BCUT2D eigenvalue weighted by Crippen LogP contribution is -2.41. The van der Waals surface area contributed by atoms with Crippen molar-refractivity contribution in [1.29, 1.82) is 0 Å². The molecule has 0 heterocycles. The summed E-state index contributed by atoms with van der Waals surface area (Å²) in [6.45, 7) is 5.17. The van der Waals surface area contributed by atoms with Crippen LogP contribution in [0.5, 0.6) is 0 Å². The van der Waals surface area contributed by atoms with Crippen molar-refractivity contribution in [2.45, 2.75) is 13.0 Å². The number of hydrogen-bond acceptors (Lipinski definition) is 3. The smallest absolute Gasteiger partial charge is 0.333 e. The van der Waals surface area contributed by atoms with E-state index in [1.54, 1.807) is 0 Å². The summed E-state index contributed by atoms with van der Waals surface area (Å²) in [7, 11) is 1.27. The largest absolute Gasteiger partial charge is 0.467 e. The van der Waals surface area contributed by atoms with Gasteiger partial charge < -0.3 is 10.1 Å². The van der Waals surface area contributed by atoms with Crippen LogP contribution in [0.3, 0.4) is 0 Å². The van der Waals surface area contributed by atoms with E-state index in [0.717, 1.165) is 5.56 Å². The van der Waals surface area contributed by atoms with Crippen LogP contribution in [0.2, 0.25) is 0 Å². The van der Waals surface area contributed by atoms with Gasteiger partial charge in [0.15, 0.2) is 6.04 Å². The molecule has 1 aromatic carbocycles. The van der Waals surface area contributed by atoms with E-state index in [0.29, 0.717) is 5.57 Å². The first-order valence-electron chi connectivity index (χ1n) is 5.15. The zero-order valence-corrected chi connectivity index (χ0v) is 9.90. The first kappa shape index (κ1) is 13.0. The monoisotopic (exact) mass is 233 g/mol. The minimum atomic E-state index is -0.847. The van der Waals surface area contributed by atoms with E-state index < -0.39 is 12.0 Å². The predicted octanol–water partition coefficient (Wildman–Crippen LogP) is 1.38. The Hall–Kier alpha value is -2.10. The van der Waals surface area contributed by atoms with Gasteiger partial charge in [0.25, 0.3) is 0 Å². The first-order valence-corrected chi connectivity index (χ1v) is 5.15. The summed E-state index contributed by atoms with van der Waals surface area (Å²) < 4.78 is 4.64. The van der Waals surface area contributed by atoms with Gasteiger partial charge in [0, 0.05) is 6.92 Å². The molecule has 1 aromatic rings. The molecule has 0 saturated heterocycles. The zero-order valence-electron chi connectivity index (χ0n) is 9.90. The Morgan fingerprint density at radius 1 is 1.29 bits per heavy atom. The van der Waals surface area contributed by atoms with E-state index in [9.17, 15) is 9.59 Å². The van der Waals surface area contributed by atoms with Gasteiger partial charge in [-0.15, -0.1) is 0 Å². The minimum Gasteiger partial charge on any atom is -0.467 e. The van der Waals surface area contributed by atoms with E-state index in [-0.39, 0.29) is 5.91 Å². The van der Waals surface area contributed by atoms with Crippen molar-refractivity contribution >= 4 is 17.4 Å². The van der Waals surface area contributed by atoms with Crippen molar-refractivity contribution in [1.82, 2.24) is 5.32 Å². The third-order valence-electron chi connectivity index (χ3n) is 2.28. The minimum absolute atomic E-state index is 0.308. The molecule has 1 unspecified atom stereocenters. The third-order valence-corrected chi connectivity index (χ3v) is 2.28. The Labute approximate surface area is 100 Å². The SMILES string of the molecule is C=C(c1ccccc1)C(NC(C)=O)C(=O)OC. The molecule has 0 aromatic heterocycles. The lowest BCUT2D eigenvalue weighted by molar-refractivity contribution is -0.143. The lowest BCUT2D eigenvalue weighted by atomic mass is 10.0. The molecule has 17 heavy (non-hydrogen) atoms. The third kappa shape index (κ3) is 3.45. The first-order chi connectivity index (χ1) is 8.06. The fraction of sp³-hybridized carbons (Fsp3) is 0.231. The van der Waals surface area contributed by atoms with Crippen LogP contribution in [0.4, 0.5) is 0 Å². The van der Waals surface area contributed by atoms with Gasteiger partial charge in [-0.05, 0) is 11.1 Å². The lowest BCUT2D eigenvalue weighted by Gasteiger charge is -2.18. The van der Waals surface area contributed by atoms with E-state index in [1.807, 2.05) is 30.3 Å². The maximum Gasteiger partial charge on any atom is 0.333 e. The molecule has 90 valence electrons. The van der Waals surface area contributed by atoms with Crippen molar-refractivity contribution < 1.29 is 14.3 Å². The number of ether oxygens (including phenoxy) is 1. The molecule has 1 rings (SSSR count). The molecule has 0 aliphatic carbocycles. The van der Waals surface area contributed by atoms with Gasteiger partial charge in [-0.3, -0.25) is 4.79 Å². The molecule has 4 heteroatoms. The fourth-order valence-corrected chi connectivity index (χ4v) is 1.43. The zero-order chi connectivity index (χ0) is 12.8. The molecule has 1 amide bonds. The molecule has 0 fully saturated rings. The van der Waals surface area contributed by atoms with Gasteiger partial charge in [-0.1, -0.05) is 36.9 Å². The fourth-order valence-electron chi connectivity index (χ4n) is 1.43. The van der Waals surface area contributed by atoms with Crippen molar-refractivity contribution in [3.8, 4) is 0 Å². The van der Waals surface area contributed by atoms with Crippen LogP contribution < -0.4 is 5.32 Å². The number of esters is 1.